The summed E-state index contributed by atoms with van der Waals surface area (Å²) in [4.78, 5) is 0. The molecule has 0 radical (unpaired) electrons. The first-order valence-corrected chi connectivity index (χ1v) is 5.64. The molecule has 0 bridgehead atoms. The molecule has 2 aliphatic rings. The Kier molecular flexibility index (Phi) is 2.46. The molecule has 2 N–H and O–H groups in total. The van der Waals surface area contributed by atoms with Gasteiger partial charge in [0, 0.05) is 6.04 Å². The molecule has 0 aliphatic heterocycles. The Morgan fingerprint density at radius 2 is 2.15 bits per heavy atom. The van der Waals surface area contributed by atoms with E-state index in [4.69, 9.17) is 5.73 Å². The molecule has 74 valence electrons. The van der Waals surface area contributed by atoms with Crippen LogP contribution in [-0.4, -0.2) is 6.04 Å². The van der Waals surface area contributed by atoms with E-state index < -0.39 is 0 Å². The van der Waals surface area contributed by atoms with Crippen LogP contribution in [0.3, 0.4) is 0 Å². The highest BCUT2D eigenvalue weighted by atomic mass is 14.6. The molecule has 13 heavy (non-hydrogen) atoms. The Bertz CT molecular complexity index is 213. The molecule has 0 aromatic rings. The standard InChI is InChI=1S/C12H21N/c1-12(6-3-7-12)9-10-4-2-5-11(13)8-10/h9,11H,2-8,13H2,1H3/b10-9-. The van der Waals surface area contributed by atoms with Gasteiger partial charge in [-0.25, -0.2) is 0 Å². The topological polar surface area (TPSA) is 26.0 Å². The van der Waals surface area contributed by atoms with Gasteiger partial charge in [0.15, 0.2) is 0 Å². The molecular formula is C12H21N. The molecule has 2 rings (SSSR count). The molecule has 2 fully saturated rings. The number of hydrogen-bond acceptors (Lipinski definition) is 1. The van der Waals surface area contributed by atoms with Crippen molar-refractivity contribution < 1.29 is 0 Å². The van der Waals surface area contributed by atoms with Crippen LogP contribution in [0.1, 0.15) is 51.9 Å². The zero-order chi connectivity index (χ0) is 9.31. The summed E-state index contributed by atoms with van der Waals surface area (Å²) in [5.41, 5.74) is 8.15. The van der Waals surface area contributed by atoms with Gasteiger partial charge >= 0.3 is 0 Å². The number of nitrogens with two attached hydrogens (primary N) is 1. The van der Waals surface area contributed by atoms with Crippen LogP contribution in [0.25, 0.3) is 0 Å². The van der Waals surface area contributed by atoms with E-state index >= 15 is 0 Å². The van der Waals surface area contributed by atoms with Crippen molar-refractivity contribution >= 4 is 0 Å². The van der Waals surface area contributed by atoms with Crippen LogP contribution in [0, 0.1) is 5.41 Å². The van der Waals surface area contributed by atoms with E-state index in [0.717, 1.165) is 6.42 Å². The van der Waals surface area contributed by atoms with Crippen molar-refractivity contribution in [1.82, 2.24) is 0 Å². The molecular weight excluding hydrogens is 158 g/mol. The summed E-state index contributed by atoms with van der Waals surface area (Å²) in [6.45, 7) is 2.39. The molecule has 1 nitrogen and oxygen atoms in total. The van der Waals surface area contributed by atoms with Crippen LogP contribution >= 0.6 is 0 Å². The molecule has 0 aromatic heterocycles. The fraction of sp³-hybridized carbons (Fsp3) is 0.833. The maximum Gasteiger partial charge on any atom is 0.00761 e. The predicted octanol–water partition coefficient (Wildman–Crippen LogP) is 3.00. The van der Waals surface area contributed by atoms with Gasteiger partial charge in [0.1, 0.15) is 0 Å². The lowest BCUT2D eigenvalue weighted by atomic mass is 9.68. The van der Waals surface area contributed by atoms with E-state index in [-0.39, 0.29) is 0 Å². The van der Waals surface area contributed by atoms with Crippen molar-refractivity contribution in [3.05, 3.63) is 11.6 Å². The van der Waals surface area contributed by atoms with Gasteiger partial charge in [-0.3, -0.25) is 0 Å². The Morgan fingerprint density at radius 1 is 1.38 bits per heavy atom. The van der Waals surface area contributed by atoms with Gasteiger partial charge in [-0.15, -0.1) is 0 Å². The first-order chi connectivity index (χ1) is 6.18. The van der Waals surface area contributed by atoms with Crippen LogP contribution in [0.5, 0.6) is 0 Å². The average molecular weight is 179 g/mol. The fourth-order valence-corrected chi connectivity index (χ4v) is 2.63. The minimum absolute atomic E-state index is 0.448. The highest BCUT2D eigenvalue weighted by Crippen LogP contribution is 2.43. The van der Waals surface area contributed by atoms with Crippen molar-refractivity contribution in [3.63, 3.8) is 0 Å². The summed E-state index contributed by atoms with van der Waals surface area (Å²) in [6.07, 6.45) is 11.8. The van der Waals surface area contributed by atoms with Gasteiger partial charge in [-0.1, -0.05) is 25.0 Å². The molecule has 0 amide bonds. The van der Waals surface area contributed by atoms with Crippen molar-refractivity contribution in [3.8, 4) is 0 Å². The SMILES string of the molecule is CC1(/C=C2/CCCC(N)C2)CCC1. The van der Waals surface area contributed by atoms with Crippen LogP contribution in [-0.2, 0) is 0 Å². The molecule has 0 spiro atoms. The van der Waals surface area contributed by atoms with Gasteiger partial charge in [0.25, 0.3) is 0 Å². The maximum atomic E-state index is 5.96. The van der Waals surface area contributed by atoms with Crippen LogP contribution in [0.2, 0.25) is 0 Å². The van der Waals surface area contributed by atoms with Gasteiger partial charge in [0.05, 0.1) is 0 Å². The Hall–Kier alpha value is -0.300. The lowest BCUT2D eigenvalue weighted by Crippen LogP contribution is -2.27. The molecule has 1 unspecified atom stereocenters. The number of rotatable bonds is 1. The van der Waals surface area contributed by atoms with Crippen molar-refractivity contribution in [2.24, 2.45) is 11.1 Å². The Labute approximate surface area is 81.4 Å². The normalized spacial score (nSPS) is 35.8. The second-order valence-electron chi connectivity index (χ2n) is 5.17. The predicted molar refractivity (Wildman–Crippen MR) is 56.5 cm³/mol. The van der Waals surface area contributed by atoms with E-state index in [1.54, 1.807) is 5.57 Å². The van der Waals surface area contributed by atoms with Gasteiger partial charge in [-0.2, -0.15) is 0 Å². The summed E-state index contributed by atoms with van der Waals surface area (Å²) < 4.78 is 0. The average Bonchev–Trinajstić information content (AvgIpc) is 2.01. The molecule has 0 heterocycles. The van der Waals surface area contributed by atoms with E-state index in [1.165, 1.54) is 38.5 Å². The molecule has 0 saturated heterocycles. The minimum atomic E-state index is 0.448. The number of hydrogen-bond donors (Lipinski definition) is 1. The zero-order valence-corrected chi connectivity index (χ0v) is 8.68. The molecule has 2 saturated carbocycles. The fourth-order valence-electron chi connectivity index (χ4n) is 2.63. The molecule has 0 aromatic carbocycles. The Morgan fingerprint density at radius 3 is 2.69 bits per heavy atom. The van der Waals surface area contributed by atoms with Gasteiger partial charge in [0.2, 0.25) is 0 Å². The van der Waals surface area contributed by atoms with Crippen LogP contribution < -0.4 is 5.73 Å². The summed E-state index contributed by atoms with van der Waals surface area (Å²) in [7, 11) is 0. The van der Waals surface area contributed by atoms with Gasteiger partial charge in [-0.05, 0) is 43.9 Å². The lowest BCUT2D eigenvalue weighted by molar-refractivity contribution is 0.230. The number of allylic oxidation sites excluding steroid dienone is 1. The van der Waals surface area contributed by atoms with Crippen molar-refractivity contribution in [2.45, 2.75) is 57.9 Å². The van der Waals surface area contributed by atoms with E-state index in [0.29, 0.717) is 11.5 Å². The third-order valence-electron chi connectivity index (χ3n) is 3.65. The molecule has 1 atom stereocenters. The second kappa shape index (κ2) is 3.45. The first kappa shape index (κ1) is 9.26. The molecule has 2 aliphatic carbocycles. The maximum absolute atomic E-state index is 5.96. The largest absolute Gasteiger partial charge is 0.327 e. The van der Waals surface area contributed by atoms with Crippen LogP contribution in [0.15, 0.2) is 11.6 Å². The Balaban J connectivity index is 1.98. The first-order valence-electron chi connectivity index (χ1n) is 5.64. The van der Waals surface area contributed by atoms with E-state index in [9.17, 15) is 0 Å². The lowest BCUT2D eigenvalue weighted by Gasteiger charge is -2.37. The molecule has 1 heteroatoms. The quantitative estimate of drug-likeness (QED) is 0.615. The third-order valence-corrected chi connectivity index (χ3v) is 3.65. The second-order valence-corrected chi connectivity index (χ2v) is 5.17. The van der Waals surface area contributed by atoms with Gasteiger partial charge < -0.3 is 5.73 Å². The minimum Gasteiger partial charge on any atom is -0.327 e. The highest BCUT2D eigenvalue weighted by Gasteiger charge is 2.30. The summed E-state index contributed by atoms with van der Waals surface area (Å²) in [5, 5.41) is 0. The smallest absolute Gasteiger partial charge is 0.00761 e. The summed E-state index contributed by atoms with van der Waals surface area (Å²) in [5.74, 6) is 0. The van der Waals surface area contributed by atoms with Crippen LogP contribution in [0.4, 0.5) is 0 Å². The zero-order valence-electron chi connectivity index (χ0n) is 8.68. The third kappa shape index (κ3) is 2.14. The summed E-state index contributed by atoms with van der Waals surface area (Å²) >= 11 is 0. The van der Waals surface area contributed by atoms with Crippen molar-refractivity contribution in [1.29, 1.82) is 0 Å². The highest BCUT2D eigenvalue weighted by molar-refractivity contribution is 5.14. The van der Waals surface area contributed by atoms with Crippen molar-refractivity contribution in [2.75, 3.05) is 0 Å². The van der Waals surface area contributed by atoms with E-state index in [2.05, 4.69) is 13.0 Å². The summed E-state index contributed by atoms with van der Waals surface area (Å²) in [6, 6.07) is 0.448. The van der Waals surface area contributed by atoms with E-state index in [1.807, 2.05) is 0 Å². The monoisotopic (exact) mass is 179 g/mol.